The van der Waals surface area contributed by atoms with Crippen LogP contribution in [0.5, 0.6) is 0 Å². The Kier molecular flexibility index (Phi) is 6.24. The zero-order valence-electron chi connectivity index (χ0n) is 14.5. The third-order valence-corrected chi connectivity index (χ3v) is 4.43. The van der Waals surface area contributed by atoms with Crippen molar-refractivity contribution in [2.45, 2.75) is 25.9 Å². The van der Waals surface area contributed by atoms with Crippen molar-refractivity contribution in [1.82, 2.24) is 29.7 Å². The molecule has 4 heterocycles. The third-order valence-electron chi connectivity index (χ3n) is 4.43. The van der Waals surface area contributed by atoms with Crippen LogP contribution in [0.3, 0.4) is 0 Å². The highest BCUT2D eigenvalue weighted by molar-refractivity contribution is 6.05. The first-order valence-electron chi connectivity index (χ1n) is 8.07. The van der Waals surface area contributed by atoms with E-state index in [4.69, 9.17) is 11.5 Å². The second-order valence-electron chi connectivity index (χ2n) is 6.03. The van der Waals surface area contributed by atoms with Gasteiger partial charge in [0, 0.05) is 31.9 Å². The number of nitrogens with zero attached hydrogens (tertiary/aromatic N) is 6. The summed E-state index contributed by atoms with van der Waals surface area (Å²) in [5.41, 5.74) is 13.9. The van der Waals surface area contributed by atoms with Crippen molar-refractivity contribution >= 4 is 47.6 Å². The molecule has 0 aliphatic carbocycles. The molecule has 10 nitrogen and oxygen atoms in total. The zero-order chi connectivity index (χ0) is 17.6. The predicted octanol–water partition coefficient (Wildman–Crippen LogP) is 1.10. The Balaban J connectivity index is 0.00000131. The molecule has 1 saturated heterocycles. The van der Waals surface area contributed by atoms with Crippen LogP contribution in [0.15, 0.2) is 17.0 Å². The normalized spacial score (nSPS) is 16.2. The number of pyridine rings is 1. The summed E-state index contributed by atoms with van der Waals surface area (Å²) in [7, 11) is 0. The minimum atomic E-state index is -0.0987. The van der Waals surface area contributed by atoms with Gasteiger partial charge in [-0.3, -0.25) is 9.78 Å². The highest BCUT2D eigenvalue weighted by atomic mass is 35.5. The number of hydrogen-bond donors (Lipinski definition) is 2. The molecular weight excluding hydrogens is 395 g/mol. The molecule has 146 valence electrons. The molecule has 1 aliphatic rings. The van der Waals surface area contributed by atoms with Crippen LogP contribution in [0.1, 0.15) is 23.7 Å². The fourth-order valence-corrected chi connectivity index (χ4v) is 3.23. The molecule has 12 heteroatoms. The summed E-state index contributed by atoms with van der Waals surface area (Å²) in [4.78, 5) is 23.4. The fourth-order valence-electron chi connectivity index (χ4n) is 3.23. The lowest BCUT2D eigenvalue weighted by Crippen LogP contribution is -2.32. The van der Waals surface area contributed by atoms with Crippen molar-refractivity contribution in [1.29, 1.82) is 0 Å². The lowest BCUT2D eigenvalue weighted by atomic mass is 10.2. The maximum absolute atomic E-state index is 13.0. The summed E-state index contributed by atoms with van der Waals surface area (Å²) in [6, 6.07) is 0.0174. The smallest absolute Gasteiger partial charge is 0.257 e. The van der Waals surface area contributed by atoms with E-state index < -0.39 is 0 Å². The molecule has 0 radical (unpaired) electrons. The second-order valence-corrected chi connectivity index (χ2v) is 6.03. The van der Waals surface area contributed by atoms with Gasteiger partial charge in [-0.25, -0.2) is 9.61 Å². The molecule has 1 amide bonds. The zero-order valence-corrected chi connectivity index (χ0v) is 16.2. The van der Waals surface area contributed by atoms with Crippen LogP contribution in [0, 0.1) is 0 Å². The van der Waals surface area contributed by atoms with E-state index >= 15 is 0 Å². The van der Waals surface area contributed by atoms with Gasteiger partial charge in [0.2, 0.25) is 0 Å². The van der Waals surface area contributed by atoms with Gasteiger partial charge in [-0.05, 0) is 23.7 Å². The number of anilines is 1. The molecule has 3 aromatic heterocycles. The number of amides is 1. The first-order chi connectivity index (χ1) is 12.1. The van der Waals surface area contributed by atoms with Gasteiger partial charge in [-0.15, -0.1) is 24.8 Å². The van der Waals surface area contributed by atoms with E-state index in [1.165, 1.54) is 0 Å². The van der Waals surface area contributed by atoms with Gasteiger partial charge < -0.3 is 20.9 Å². The van der Waals surface area contributed by atoms with Crippen molar-refractivity contribution in [3.05, 3.63) is 18.0 Å². The van der Waals surface area contributed by atoms with Crippen LogP contribution in [0.2, 0.25) is 0 Å². The molecule has 3 aromatic rings. The number of fused-ring (bicyclic) bond motifs is 1. The molecule has 1 fully saturated rings. The SMILES string of the molecule is CCn1c(-c2nonc2N)nc2cncc(C(=O)N3CC[C@@H](N)C3)c21.Cl.Cl. The molecule has 0 spiro atoms. The van der Waals surface area contributed by atoms with E-state index in [0.717, 1.165) is 6.42 Å². The third kappa shape index (κ3) is 3.43. The minimum absolute atomic E-state index is 0. The van der Waals surface area contributed by atoms with E-state index in [9.17, 15) is 4.79 Å². The average molecular weight is 415 g/mol. The van der Waals surface area contributed by atoms with Crippen LogP contribution >= 0.6 is 24.8 Å². The van der Waals surface area contributed by atoms with Crippen molar-refractivity contribution in [3.8, 4) is 11.5 Å². The summed E-state index contributed by atoms with van der Waals surface area (Å²) in [6.07, 6.45) is 3.98. The van der Waals surface area contributed by atoms with Crippen molar-refractivity contribution in [2.75, 3.05) is 18.8 Å². The molecule has 1 aliphatic heterocycles. The fraction of sp³-hybridized carbons (Fsp3) is 0.400. The Morgan fingerprint density at radius 1 is 1.33 bits per heavy atom. The van der Waals surface area contributed by atoms with Gasteiger partial charge in [0.1, 0.15) is 5.52 Å². The summed E-state index contributed by atoms with van der Waals surface area (Å²) >= 11 is 0. The van der Waals surface area contributed by atoms with Crippen LogP contribution in [0.25, 0.3) is 22.6 Å². The number of carbonyl (C=O) groups excluding carboxylic acids is 1. The highest BCUT2D eigenvalue weighted by Gasteiger charge is 2.28. The van der Waals surface area contributed by atoms with E-state index in [-0.39, 0.29) is 42.6 Å². The molecule has 0 saturated carbocycles. The number of rotatable bonds is 3. The topological polar surface area (TPSA) is 142 Å². The standard InChI is InChI=1S/C15H18N8O2.2ClH/c1-2-23-12-9(15(24)22-4-3-8(16)7-22)5-18-6-10(12)19-14(23)11-13(17)21-25-20-11;;/h5-6,8H,2-4,7,16H2,1H3,(H2,17,21);2*1H/t8-;;/m1../s1. The number of nitrogen functional groups attached to an aromatic ring is 1. The van der Waals surface area contributed by atoms with Gasteiger partial charge in [0.05, 0.1) is 17.3 Å². The quantitative estimate of drug-likeness (QED) is 0.648. The summed E-state index contributed by atoms with van der Waals surface area (Å²) in [6.45, 7) is 3.71. The second kappa shape index (κ2) is 8.07. The van der Waals surface area contributed by atoms with E-state index in [1.54, 1.807) is 17.3 Å². The van der Waals surface area contributed by atoms with Crippen LogP contribution in [-0.4, -0.2) is 54.8 Å². The van der Waals surface area contributed by atoms with Crippen molar-refractivity contribution in [2.24, 2.45) is 5.73 Å². The van der Waals surface area contributed by atoms with Crippen molar-refractivity contribution < 1.29 is 9.42 Å². The number of imidazole rings is 1. The lowest BCUT2D eigenvalue weighted by Gasteiger charge is -2.16. The first kappa shape index (κ1) is 20.9. The number of carbonyl (C=O) groups is 1. The Morgan fingerprint density at radius 3 is 2.70 bits per heavy atom. The molecule has 27 heavy (non-hydrogen) atoms. The number of likely N-dealkylation sites (tertiary alicyclic amines) is 1. The van der Waals surface area contributed by atoms with Gasteiger partial charge in [0.15, 0.2) is 17.3 Å². The maximum Gasteiger partial charge on any atom is 0.257 e. The number of halogens is 2. The number of hydrogen-bond acceptors (Lipinski definition) is 8. The highest BCUT2D eigenvalue weighted by Crippen LogP contribution is 2.29. The molecule has 0 bridgehead atoms. The van der Waals surface area contributed by atoms with E-state index in [0.29, 0.717) is 47.7 Å². The Morgan fingerprint density at radius 2 is 2.11 bits per heavy atom. The number of nitrogens with two attached hydrogens (primary N) is 2. The molecule has 1 atom stereocenters. The molecular formula is C15H20Cl2N8O2. The van der Waals surface area contributed by atoms with Gasteiger partial charge in [-0.2, -0.15) is 0 Å². The summed E-state index contributed by atoms with van der Waals surface area (Å²) < 4.78 is 6.55. The molecule has 4 N–H and O–H groups in total. The monoisotopic (exact) mass is 414 g/mol. The van der Waals surface area contributed by atoms with E-state index in [1.807, 2.05) is 11.5 Å². The summed E-state index contributed by atoms with van der Waals surface area (Å²) in [5.74, 6) is 0.547. The number of aromatic nitrogens is 5. The molecule has 0 unspecified atom stereocenters. The van der Waals surface area contributed by atoms with Gasteiger partial charge >= 0.3 is 0 Å². The Bertz CT molecular complexity index is 957. The minimum Gasteiger partial charge on any atom is -0.379 e. The van der Waals surface area contributed by atoms with Crippen molar-refractivity contribution in [3.63, 3.8) is 0 Å². The largest absolute Gasteiger partial charge is 0.379 e. The lowest BCUT2D eigenvalue weighted by molar-refractivity contribution is 0.0792. The Hall–Kier alpha value is -2.43. The molecule has 0 aromatic carbocycles. The van der Waals surface area contributed by atoms with E-state index in [2.05, 4.69) is 24.9 Å². The first-order valence-corrected chi connectivity index (χ1v) is 8.07. The van der Waals surface area contributed by atoms with Crippen LogP contribution in [0.4, 0.5) is 5.82 Å². The van der Waals surface area contributed by atoms with Crippen LogP contribution < -0.4 is 11.5 Å². The van der Waals surface area contributed by atoms with Gasteiger partial charge in [-0.1, -0.05) is 0 Å². The Labute approximate surface area is 167 Å². The molecule has 4 rings (SSSR count). The average Bonchev–Trinajstić information content (AvgIpc) is 3.31. The summed E-state index contributed by atoms with van der Waals surface area (Å²) in [5, 5.41) is 7.43. The van der Waals surface area contributed by atoms with Crippen LogP contribution in [-0.2, 0) is 6.54 Å². The number of aryl methyl sites for hydroxylation is 1. The predicted molar refractivity (Wildman–Crippen MR) is 104 cm³/mol. The van der Waals surface area contributed by atoms with Gasteiger partial charge in [0.25, 0.3) is 5.91 Å². The maximum atomic E-state index is 13.0.